The van der Waals surface area contributed by atoms with Crippen molar-refractivity contribution in [2.75, 3.05) is 6.54 Å². The maximum atomic E-state index is 13.1. The van der Waals surface area contributed by atoms with Gasteiger partial charge in [0.15, 0.2) is 0 Å². The van der Waals surface area contributed by atoms with Gasteiger partial charge in [-0.05, 0) is 31.4 Å². The summed E-state index contributed by atoms with van der Waals surface area (Å²) in [4.78, 5) is 21.8. The van der Waals surface area contributed by atoms with Crippen molar-refractivity contribution in [1.82, 2.24) is 5.32 Å². The van der Waals surface area contributed by atoms with Crippen molar-refractivity contribution in [2.24, 2.45) is 0 Å². The van der Waals surface area contributed by atoms with Crippen LogP contribution in [0.4, 0.5) is 10.1 Å². The Kier molecular flexibility index (Phi) is 3.48. The van der Waals surface area contributed by atoms with Crippen LogP contribution in [0.1, 0.15) is 29.6 Å². The number of halogens is 1. The number of nitro benzene ring substituents is 1. The number of benzene rings is 1. The maximum Gasteiger partial charge on any atom is 0.282 e. The number of nitro groups is 1. The Balaban J connectivity index is 2.13. The number of rotatable bonds is 4. The highest BCUT2D eigenvalue weighted by Gasteiger charge is 2.35. The van der Waals surface area contributed by atoms with Crippen LogP contribution in [-0.2, 0) is 0 Å². The minimum atomic E-state index is -0.933. The highest BCUT2D eigenvalue weighted by atomic mass is 19.1. The summed E-state index contributed by atoms with van der Waals surface area (Å²) in [6.45, 7) is 0.0134. The Labute approximate surface area is 108 Å². The second-order valence-electron chi connectivity index (χ2n) is 4.68. The smallest absolute Gasteiger partial charge is 0.282 e. The lowest BCUT2D eigenvalue weighted by molar-refractivity contribution is -0.385. The molecule has 2 rings (SSSR count). The summed E-state index contributed by atoms with van der Waals surface area (Å²) >= 11 is 0. The van der Waals surface area contributed by atoms with Crippen LogP contribution in [0.15, 0.2) is 18.2 Å². The lowest BCUT2D eigenvalue weighted by Crippen LogP contribution is -2.47. The van der Waals surface area contributed by atoms with Gasteiger partial charge in [0, 0.05) is 12.6 Å². The van der Waals surface area contributed by atoms with Crippen molar-refractivity contribution >= 4 is 11.6 Å². The topological polar surface area (TPSA) is 92.5 Å². The molecule has 1 aromatic rings. The Bertz CT molecular complexity index is 528. The zero-order chi connectivity index (χ0) is 14.0. The summed E-state index contributed by atoms with van der Waals surface area (Å²) in [5.74, 6) is -1.48. The molecule has 0 aromatic heterocycles. The fraction of sp³-hybridized carbons (Fsp3) is 0.417. The predicted octanol–water partition coefficient (Wildman–Crippen LogP) is 1.38. The van der Waals surface area contributed by atoms with Crippen LogP contribution in [0.3, 0.4) is 0 Å². The van der Waals surface area contributed by atoms with E-state index in [4.69, 9.17) is 0 Å². The van der Waals surface area contributed by atoms with E-state index < -0.39 is 27.9 Å². The van der Waals surface area contributed by atoms with Gasteiger partial charge < -0.3 is 10.4 Å². The number of amides is 1. The lowest BCUT2D eigenvalue weighted by atomic mass is 9.80. The molecule has 7 heteroatoms. The first-order valence-electron chi connectivity index (χ1n) is 5.86. The first-order chi connectivity index (χ1) is 8.91. The van der Waals surface area contributed by atoms with Gasteiger partial charge in [-0.1, -0.05) is 0 Å². The van der Waals surface area contributed by atoms with Crippen molar-refractivity contribution < 1.29 is 19.2 Å². The van der Waals surface area contributed by atoms with Crippen molar-refractivity contribution in [1.29, 1.82) is 0 Å². The van der Waals surface area contributed by atoms with Crippen LogP contribution >= 0.6 is 0 Å². The SMILES string of the molecule is O=C(NCC1(O)CCC1)c1cc(F)ccc1[N+](=O)[O-]. The highest BCUT2D eigenvalue weighted by Crippen LogP contribution is 2.30. The first-order valence-corrected chi connectivity index (χ1v) is 5.86. The largest absolute Gasteiger partial charge is 0.388 e. The molecule has 0 bridgehead atoms. The minimum Gasteiger partial charge on any atom is -0.388 e. The van der Waals surface area contributed by atoms with Gasteiger partial charge in [-0.25, -0.2) is 4.39 Å². The summed E-state index contributed by atoms with van der Waals surface area (Å²) < 4.78 is 13.1. The number of nitrogens with one attached hydrogen (secondary N) is 1. The van der Waals surface area contributed by atoms with E-state index in [9.17, 15) is 24.4 Å². The van der Waals surface area contributed by atoms with E-state index in [1.54, 1.807) is 0 Å². The Morgan fingerprint density at radius 3 is 2.74 bits per heavy atom. The molecule has 0 heterocycles. The van der Waals surface area contributed by atoms with Crippen molar-refractivity contribution in [3.05, 3.63) is 39.7 Å². The van der Waals surface area contributed by atoms with E-state index in [0.29, 0.717) is 12.8 Å². The van der Waals surface area contributed by atoms with Crippen LogP contribution < -0.4 is 5.32 Å². The molecule has 0 radical (unpaired) electrons. The summed E-state index contributed by atoms with van der Waals surface area (Å²) in [5.41, 5.74) is -1.73. The molecule has 0 aliphatic heterocycles. The van der Waals surface area contributed by atoms with Crippen molar-refractivity contribution in [2.45, 2.75) is 24.9 Å². The zero-order valence-corrected chi connectivity index (χ0v) is 10.1. The molecule has 19 heavy (non-hydrogen) atoms. The number of carbonyl (C=O) groups is 1. The second-order valence-corrected chi connectivity index (χ2v) is 4.68. The van der Waals surface area contributed by atoms with Crippen LogP contribution in [0, 0.1) is 15.9 Å². The van der Waals surface area contributed by atoms with E-state index in [-0.39, 0.29) is 12.1 Å². The third-order valence-electron chi connectivity index (χ3n) is 3.26. The van der Waals surface area contributed by atoms with Crippen LogP contribution in [0.25, 0.3) is 0 Å². The summed E-state index contributed by atoms with van der Waals surface area (Å²) in [6.07, 6.45) is 2.05. The van der Waals surface area contributed by atoms with Gasteiger partial charge in [-0.15, -0.1) is 0 Å². The number of hydrogen-bond acceptors (Lipinski definition) is 4. The molecule has 1 aliphatic rings. The molecule has 1 aliphatic carbocycles. The first kappa shape index (κ1) is 13.4. The molecule has 1 amide bonds. The number of carbonyl (C=O) groups excluding carboxylic acids is 1. The Morgan fingerprint density at radius 2 is 2.21 bits per heavy atom. The second kappa shape index (κ2) is 4.93. The van der Waals surface area contributed by atoms with E-state index in [0.717, 1.165) is 24.6 Å². The standard InChI is InChI=1S/C12H13FN2O4/c13-8-2-3-10(15(18)19)9(6-8)11(16)14-7-12(17)4-1-5-12/h2-3,6,17H,1,4-5,7H2,(H,14,16). The highest BCUT2D eigenvalue weighted by molar-refractivity contribution is 5.98. The van der Waals surface area contributed by atoms with Crippen LogP contribution in [0.5, 0.6) is 0 Å². The molecule has 0 unspecified atom stereocenters. The number of aliphatic hydroxyl groups is 1. The molecule has 0 spiro atoms. The average molecular weight is 268 g/mol. The van der Waals surface area contributed by atoms with E-state index in [2.05, 4.69) is 5.32 Å². The molecule has 2 N–H and O–H groups in total. The molecule has 0 saturated heterocycles. The Morgan fingerprint density at radius 1 is 1.53 bits per heavy atom. The molecular formula is C12H13FN2O4. The molecular weight excluding hydrogens is 255 g/mol. The molecule has 0 atom stereocenters. The zero-order valence-electron chi connectivity index (χ0n) is 10.1. The number of hydrogen-bond donors (Lipinski definition) is 2. The van der Waals surface area contributed by atoms with Gasteiger partial charge in [-0.3, -0.25) is 14.9 Å². The van der Waals surface area contributed by atoms with Crippen molar-refractivity contribution in [3.8, 4) is 0 Å². The molecule has 6 nitrogen and oxygen atoms in total. The summed E-state index contributed by atoms with van der Waals surface area (Å²) in [6, 6.07) is 2.69. The minimum absolute atomic E-state index is 0.0134. The van der Waals surface area contributed by atoms with Crippen LogP contribution in [-0.4, -0.2) is 28.1 Å². The van der Waals surface area contributed by atoms with Gasteiger partial charge in [0.05, 0.1) is 10.5 Å². The average Bonchev–Trinajstić information content (AvgIpc) is 2.33. The maximum absolute atomic E-state index is 13.1. The molecule has 1 saturated carbocycles. The third kappa shape index (κ3) is 2.87. The van der Waals surface area contributed by atoms with E-state index in [1.807, 2.05) is 0 Å². The quantitative estimate of drug-likeness (QED) is 0.637. The summed E-state index contributed by atoms with van der Waals surface area (Å²) in [5, 5.41) is 23.0. The monoisotopic (exact) mass is 268 g/mol. The lowest BCUT2D eigenvalue weighted by Gasteiger charge is -2.36. The fourth-order valence-corrected chi connectivity index (χ4v) is 1.95. The van der Waals surface area contributed by atoms with Crippen LogP contribution in [0.2, 0.25) is 0 Å². The number of nitrogens with zero attached hydrogens (tertiary/aromatic N) is 1. The van der Waals surface area contributed by atoms with E-state index in [1.165, 1.54) is 0 Å². The van der Waals surface area contributed by atoms with Gasteiger partial charge >= 0.3 is 0 Å². The summed E-state index contributed by atoms with van der Waals surface area (Å²) in [7, 11) is 0. The van der Waals surface area contributed by atoms with Crippen molar-refractivity contribution in [3.63, 3.8) is 0 Å². The van der Waals surface area contributed by atoms with Gasteiger partial charge in [0.25, 0.3) is 11.6 Å². The molecule has 1 aromatic carbocycles. The van der Waals surface area contributed by atoms with Gasteiger partial charge in [-0.2, -0.15) is 0 Å². The Hall–Kier alpha value is -2.02. The third-order valence-corrected chi connectivity index (χ3v) is 3.26. The molecule has 102 valence electrons. The fourth-order valence-electron chi connectivity index (χ4n) is 1.95. The predicted molar refractivity (Wildman–Crippen MR) is 64.2 cm³/mol. The van der Waals surface area contributed by atoms with E-state index >= 15 is 0 Å². The van der Waals surface area contributed by atoms with Gasteiger partial charge in [0.1, 0.15) is 11.4 Å². The van der Waals surface area contributed by atoms with Gasteiger partial charge in [0.2, 0.25) is 0 Å². The normalized spacial score (nSPS) is 16.5. The molecule has 1 fully saturated rings.